The molecular formula is C3H5CuO3+. The maximum absolute atomic E-state index is 9.34. The Balaban J connectivity index is 0. The van der Waals surface area contributed by atoms with Gasteiger partial charge in [-0.1, -0.05) is 0 Å². The third-order valence-corrected chi connectivity index (χ3v) is 0.341. The molecule has 1 N–H and O–H groups in total. The molecule has 0 aromatic carbocycles. The molecular weight excluding hydrogens is 148 g/mol. The second kappa shape index (κ2) is 4.12. The fourth-order valence-corrected chi connectivity index (χ4v) is 0. The summed E-state index contributed by atoms with van der Waals surface area (Å²) in [6, 6.07) is 0. The molecule has 1 unspecified atom stereocenters. The molecule has 1 radical (unpaired) electrons. The predicted molar refractivity (Wildman–Crippen MR) is 16.7 cm³/mol. The topological polar surface area (TPSA) is 60.4 Å². The maximum Gasteiger partial charge on any atom is 2.00 e. The number of carboxylic acid groups (broad SMARTS) is 1. The normalized spacial score (nSPS) is 11.7. The number of hydrogen-bond acceptors (Lipinski definition) is 3. The Morgan fingerprint density at radius 1 is 1.86 bits per heavy atom. The van der Waals surface area contributed by atoms with Gasteiger partial charge >= 0.3 is 17.1 Å². The van der Waals surface area contributed by atoms with E-state index < -0.39 is 12.1 Å². The molecule has 0 rings (SSSR count). The minimum absolute atomic E-state index is 0. The van der Waals surface area contributed by atoms with Crippen LogP contribution >= 0.6 is 0 Å². The van der Waals surface area contributed by atoms with Crippen LogP contribution in [-0.2, 0) is 21.9 Å². The number of hydrogen-bond donors (Lipinski definition) is 1. The van der Waals surface area contributed by atoms with Gasteiger partial charge in [-0.3, -0.25) is 0 Å². The van der Waals surface area contributed by atoms with E-state index in [-0.39, 0.29) is 17.1 Å². The molecule has 0 amide bonds. The first kappa shape index (κ1) is 10.0. The average molecular weight is 153 g/mol. The van der Waals surface area contributed by atoms with Crippen LogP contribution in [0.15, 0.2) is 0 Å². The zero-order chi connectivity index (χ0) is 5.15. The molecule has 1 atom stereocenters. The van der Waals surface area contributed by atoms with Gasteiger partial charge in [-0.25, -0.2) is 0 Å². The van der Waals surface area contributed by atoms with Crippen LogP contribution in [0, 0.1) is 0 Å². The Hall–Kier alpha value is -0.0505. The number of carbonyl (C=O) groups is 1. The van der Waals surface area contributed by atoms with E-state index in [1.54, 1.807) is 0 Å². The van der Waals surface area contributed by atoms with Crippen LogP contribution in [0.1, 0.15) is 6.92 Å². The third kappa shape index (κ3) is 5.95. The Labute approximate surface area is 51.8 Å². The minimum atomic E-state index is -1.44. The van der Waals surface area contributed by atoms with Crippen molar-refractivity contribution in [3.8, 4) is 0 Å². The van der Waals surface area contributed by atoms with Crippen LogP contribution in [0.25, 0.3) is 0 Å². The largest absolute Gasteiger partial charge is 2.00 e. The molecule has 45 valence electrons. The standard InChI is InChI=1S/C3H6O3.Cu/c1-2(4)3(5)6;/h2,4H,1H3,(H,5,6);/q;+2/p-1. The first-order chi connectivity index (χ1) is 2.64. The van der Waals surface area contributed by atoms with E-state index in [1.165, 1.54) is 0 Å². The van der Waals surface area contributed by atoms with Crippen molar-refractivity contribution in [1.29, 1.82) is 0 Å². The van der Waals surface area contributed by atoms with Gasteiger partial charge in [0.25, 0.3) is 0 Å². The van der Waals surface area contributed by atoms with E-state index in [4.69, 9.17) is 5.11 Å². The second-order valence-corrected chi connectivity index (χ2v) is 0.995. The predicted octanol–water partition coefficient (Wildman–Crippen LogP) is -1.89. The van der Waals surface area contributed by atoms with Crippen LogP contribution in [0.4, 0.5) is 0 Å². The van der Waals surface area contributed by atoms with Crippen LogP contribution in [-0.4, -0.2) is 17.2 Å². The van der Waals surface area contributed by atoms with E-state index in [2.05, 4.69) is 0 Å². The maximum atomic E-state index is 9.34. The van der Waals surface area contributed by atoms with Gasteiger partial charge in [0.05, 0.1) is 12.1 Å². The Morgan fingerprint density at radius 3 is 2.00 bits per heavy atom. The molecule has 0 aliphatic heterocycles. The molecule has 7 heavy (non-hydrogen) atoms. The van der Waals surface area contributed by atoms with Gasteiger partial charge in [-0.2, -0.15) is 0 Å². The third-order valence-electron chi connectivity index (χ3n) is 0.341. The van der Waals surface area contributed by atoms with Crippen LogP contribution in [0.5, 0.6) is 0 Å². The molecule has 0 aromatic rings. The average Bonchev–Trinajstić information content (AvgIpc) is 1.36. The van der Waals surface area contributed by atoms with E-state index in [9.17, 15) is 9.90 Å². The van der Waals surface area contributed by atoms with Crippen molar-refractivity contribution < 1.29 is 32.1 Å². The number of aliphatic hydroxyl groups excluding tert-OH is 1. The van der Waals surface area contributed by atoms with E-state index in [1.807, 2.05) is 0 Å². The zero-order valence-electron chi connectivity index (χ0n) is 3.64. The van der Waals surface area contributed by atoms with Gasteiger partial charge in [-0.05, 0) is 6.92 Å². The summed E-state index contributed by atoms with van der Waals surface area (Å²) in [7, 11) is 0. The fourth-order valence-electron chi connectivity index (χ4n) is 0. The zero-order valence-corrected chi connectivity index (χ0v) is 4.58. The van der Waals surface area contributed by atoms with Crippen molar-refractivity contribution in [2.75, 3.05) is 0 Å². The Morgan fingerprint density at radius 2 is 2.00 bits per heavy atom. The smallest absolute Gasteiger partial charge is 0.547 e. The summed E-state index contributed by atoms with van der Waals surface area (Å²) in [6.45, 7) is 1.13. The first-order valence-corrected chi connectivity index (χ1v) is 1.53. The molecule has 0 bridgehead atoms. The van der Waals surface area contributed by atoms with Crippen molar-refractivity contribution >= 4 is 5.97 Å². The molecule has 0 aliphatic rings. The summed E-state index contributed by atoms with van der Waals surface area (Å²) < 4.78 is 0. The summed E-state index contributed by atoms with van der Waals surface area (Å²) in [6.07, 6.45) is -1.34. The number of rotatable bonds is 1. The molecule has 0 saturated carbocycles. The van der Waals surface area contributed by atoms with Crippen molar-refractivity contribution in [2.24, 2.45) is 0 Å². The van der Waals surface area contributed by atoms with Crippen molar-refractivity contribution in [3.63, 3.8) is 0 Å². The van der Waals surface area contributed by atoms with Gasteiger partial charge in [0, 0.05) is 0 Å². The quantitative estimate of drug-likeness (QED) is 0.448. The van der Waals surface area contributed by atoms with E-state index in [0.717, 1.165) is 6.92 Å². The van der Waals surface area contributed by atoms with Gasteiger partial charge in [-0.15, -0.1) is 0 Å². The summed E-state index contributed by atoms with van der Waals surface area (Å²) >= 11 is 0. The van der Waals surface area contributed by atoms with Crippen molar-refractivity contribution in [3.05, 3.63) is 0 Å². The second-order valence-electron chi connectivity index (χ2n) is 0.995. The number of aliphatic carboxylic acids is 1. The molecule has 0 heterocycles. The van der Waals surface area contributed by atoms with Gasteiger partial charge in [0.2, 0.25) is 0 Å². The molecule has 3 nitrogen and oxygen atoms in total. The van der Waals surface area contributed by atoms with Crippen LogP contribution in [0.3, 0.4) is 0 Å². The molecule has 0 saturated heterocycles. The summed E-state index contributed by atoms with van der Waals surface area (Å²) in [5.41, 5.74) is 0. The van der Waals surface area contributed by atoms with Gasteiger partial charge in [0.1, 0.15) is 0 Å². The molecule has 0 aliphatic carbocycles. The SMILES string of the molecule is CC(O)C(=O)[O-].[Cu+2]. The van der Waals surface area contributed by atoms with Crippen LogP contribution in [0.2, 0.25) is 0 Å². The van der Waals surface area contributed by atoms with Crippen LogP contribution < -0.4 is 5.11 Å². The first-order valence-electron chi connectivity index (χ1n) is 1.53. The van der Waals surface area contributed by atoms with Gasteiger partial charge in [0.15, 0.2) is 0 Å². The number of carboxylic acids is 1. The summed E-state index contributed by atoms with van der Waals surface area (Å²) in [5, 5.41) is 17.3. The van der Waals surface area contributed by atoms with Crippen molar-refractivity contribution in [2.45, 2.75) is 13.0 Å². The number of aliphatic hydroxyl groups is 1. The van der Waals surface area contributed by atoms with Gasteiger partial charge < -0.3 is 15.0 Å². The Kier molecular flexibility index (Phi) is 5.91. The fraction of sp³-hybridized carbons (Fsp3) is 0.667. The Bertz CT molecular complexity index is 61.2. The van der Waals surface area contributed by atoms with Crippen molar-refractivity contribution in [1.82, 2.24) is 0 Å². The number of carbonyl (C=O) groups excluding carboxylic acids is 1. The van der Waals surface area contributed by atoms with E-state index >= 15 is 0 Å². The summed E-state index contributed by atoms with van der Waals surface area (Å²) in [5.74, 6) is -1.44. The minimum Gasteiger partial charge on any atom is -0.547 e. The molecule has 0 fully saturated rings. The van der Waals surface area contributed by atoms with E-state index in [0.29, 0.717) is 0 Å². The molecule has 0 spiro atoms. The molecule has 4 heteroatoms. The monoisotopic (exact) mass is 152 g/mol. The molecule has 0 aromatic heterocycles. The summed E-state index contributed by atoms with van der Waals surface area (Å²) in [4.78, 5) is 9.34.